The van der Waals surface area contributed by atoms with Gasteiger partial charge in [-0.2, -0.15) is 0 Å². The summed E-state index contributed by atoms with van der Waals surface area (Å²) in [5.41, 5.74) is 6.39. The lowest BCUT2D eigenvalue weighted by molar-refractivity contribution is 0.0514. The zero-order chi connectivity index (χ0) is 14.6. The molecule has 1 saturated carbocycles. The Morgan fingerprint density at radius 1 is 1.29 bits per heavy atom. The van der Waals surface area contributed by atoms with Crippen LogP contribution in [0.1, 0.15) is 49.7 Å². The molecule has 1 aromatic carbocycles. The lowest BCUT2D eigenvalue weighted by Gasteiger charge is -2.50. The van der Waals surface area contributed by atoms with Crippen LogP contribution in [0.2, 0.25) is 0 Å². The third-order valence-electron chi connectivity index (χ3n) is 6.41. The van der Waals surface area contributed by atoms with Crippen molar-refractivity contribution in [3.05, 3.63) is 41.1 Å². The van der Waals surface area contributed by atoms with Crippen molar-refractivity contribution < 1.29 is 10.3 Å². The van der Waals surface area contributed by atoms with E-state index in [9.17, 15) is 10.3 Å². The van der Waals surface area contributed by atoms with E-state index in [1.807, 2.05) is 12.1 Å². The molecule has 0 heterocycles. The van der Waals surface area contributed by atoms with Gasteiger partial charge in [0.1, 0.15) is 5.75 Å². The molecule has 1 fully saturated rings. The first-order chi connectivity index (χ1) is 10.1. The van der Waals surface area contributed by atoms with Crippen molar-refractivity contribution >= 4 is 0 Å². The van der Waals surface area contributed by atoms with Crippen molar-refractivity contribution in [2.45, 2.75) is 44.9 Å². The Hall–Kier alpha value is -1.48. The lowest BCUT2D eigenvalue weighted by Crippen LogP contribution is -2.43. The second kappa shape index (κ2) is 4.51. The van der Waals surface area contributed by atoms with Crippen LogP contribution in [0.5, 0.6) is 5.75 Å². The zero-order valence-corrected chi connectivity index (χ0v) is 12.5. The molecule has 0 aromatic heterocycles. The molecule has 3 N–H and O–H groups in total. The third-order valence-corrected chi connectivity index (χ3v) is 6.41. The van der Waals surface area contributed by atoms with Crippen molar-refractivity contribution in [2.24, 2.45) is 17.3 Å². The Morgan fingerprint density at radius 3 is 2.95 bits per heavy atom. The number of aromatic hydroxyl groups is 1. The van der Waals surface area contributed by atoms with E-state index in [1.165, 1.54) is 24.0 Å². The molecule has 0 amide bonds. The van der Waals surface area contributed by atoms with Gasteiger partial charge in [0.05, 0.1) is 0 Å². The monoisotopic (exact) mass is 285 g/mol. The van der Waals surface area contributed by atoms with Crippen LogP contribution < -0.4 is 5.48 Å². The molecule has 0 aliphatic heterocycles. The van der Waals surface area contributed by atoms with Gasteiger partial charge in [-0.25, -0.2) is 0 Å². The fraction of sp³-hybridized carbons (Fsp3) is 0.556. The minimum absolute atomic E-state index is 0.115. The first-order valence-electron chi connectivity index (χ1n) is 8.06. The highest BCUT2D eigenvalue weighted by Crippen LogP contribution is 2.60. The smallest absolute Gasteiger partial charge is 0.115 e. The summed E-state index contributed by atoms with van der Waals surface area (Å²) in [6, 6.07) is 5.92. The van der Waals surface area contributed by atoms with E-state index in [2.05, 4.69) is 24.5 Å². The van der Waals surface area contributed by atoms with Crippen molar-refractivity contribution in [1.29, 1.82) is 0 Å². The number of phenols is 1. The maximum atomic E-state index is 9.70. The number of nitrogens with one attached hydrogen (secondary N) is 1. The normalized spacial score (nSPS) is 37.2. The van der Waals surface area contributed by atoms with E-state index in [0.717, 1.165) is 25.0 Å². The number of rotatable bonds is 1. The van der Waals surface area contributed by atoms with Crippen molar-refractivity contribution in [2.75, 3.05) is 0 Å². The van der Waals surface area contributed by atoms with Crippen LogP contribution in [0.4, 0.5) is 0 Å². The molecule has 21 heavy (non-hydrogen) atoms. The number of hydroxylamine groups is 1. The molecule has 3 heteroatoms. The Kier molecular flexibility index (Phi) is 2.83. The summed E-state index contributed by atoms with van der Waals surface area (Å²) in [4.78, 5) is 0. The minimum atomic E-state index is 0.115. The molecule has 0 radical (unpaired) electrons. The van der Waals surface area contributed by atoms with Gasteiger partial charge >= 0.3 is 0 Å². The summed E-state index contributed by atoms with van der Waals surface area (Å²) in [6.45, 7) is 2.31. The standard InChI is InChI=1S/C18H23NO2/c1-18-9-8-14-13-5-3-12(20)10-11(13)2-4-15(14)16(18)6-7-17(18)19-21/h3,5,7,10,14-16,19-21H,2,4,6,8-9H2,1H3/t14-,15+,16+,18-/m1/s1. The topological polar surface area (TPSA) is 52.5 Å². The Labute approximate surface area is 125 Å². The molecular weight excluding hydrogens is 262 g/mol. The first kappa shape index (κ1) is 13.2. The van der Waals surface area contributed by atoms with E-state index >= 15 is 0 Å². The summed E-state index contributed by atoms with van der Waals surface area (Å²) in [5, 5.41) is 19.1. The quantitative estimate of drug-likeness (QED) is 0.689. The Morgan fingerprint density at radius 2 is 2.14 bits per heavy atom. The van der Waals surface area contributed by atoms with Crippen LogP contribution in [-0.4, -0.2) is 10.3 Å². The Balaban J connectivity index is 1.69. The van der Waals surface area contributed by atoms with E-state index in [4.69, 9.17) is 0 Å². The molecule has 0 bridgehead atoms. The fourth-order valence-electron chi connectivity index (χ4n) is 5.31. The van der Waals surface area contributed by atoms with Gasteiger partial charge in [0, 0.05) is 11.1 Å². The van der Waals surface area contributed by atoms with Gasteiger partial charge in [-0.1, -0.05) is 19.1 Å². The van der Waals surface area contributed by atoms with Crippen LogP contribution in [0.3, 0.4) is 0 Å². The number of phenolic OH excluding ortho intramolecular Hbond substituents is 1. The van der Waals surface area contributed by atoms with Crippen LogP contribution in [0, 0.1) is 17.3 Å². The van der Waals surface area contributed by atoms with Crippen molar-refractivity contribution in [3.63, 3.8) is 0 Å². The Bertz CT molecular complexity index is 609. The van der Waals surface area contributed by atoms with Gasteiger partial charge in [-0.3, -0.25) is 10.7 Å². The van der Waals surface area contributed by atoms with Gasteiger partial charge in [0.2, 0.25) is 0 Å². The maximum absolute atomic E-state index is 9.70. The van der Waals surface area contributed by atoms with Gasteiger partial charge in [0.25, 0.3) is 0 Å². The molecule has 3 aliphatic rings. The first-order valence-corrected chi connectivity index (χ1v) is 8.06. The molecule has 0 unspecified atom stereocenters. The summed E-state index contributed by atoms with van der Waals surface area (Å²) < 4.78 is 0. The number of fused-ring (bicyclic) bond motifs is 5. The number of benzene rings is 1. The second-order valence-corrected chi connectivity index (χ2v) is 7.22. The average Bonchev–Trinajstić information content (AvgIpc) is 2.83. The second-order valence-electron chi connectivity index (χ2n) is 7.22. The third kappa shape index (κ3) is 1.76. The van der Waals surface area contributed by atoms with Crippen LogP contribution in [0.15, 0.2) is 30.0 Å². The van der Waals surface area contributed by atoms with E-state index in [1.54, 1.807) is 0 Å². The highest BCUT2D eigenvalue weighted by atomic mass is 16.5. The highest BCUT2D eigenvalue weighted by Gasteiger charge is 2.51. The van der Waals surface area contributed by atoms with Crippen LogP contribution >= 0.6 is 0 Å². The van der Waals surface area contributed by atoms with Gasteiger partial charge in [0.15, 0.2) is 0 Å². The highest BCUT2D eigenvalue weighted by molar-refractivity contribution is 5.40. The van der Waals surface area contributed by atoms with Gasteiger partial charge < -0.3 is 5.11 Å². The van der Waals surface area contributed by atoms with E-state index in [-0.39, 0.29) is 5.41 Å². The molecule has 0 spiro atoms. The SMILES string of the molecule is C[C@@]12CC[C@@H]3c4ccc(O)cc4CC[C@@H]3[C@@H]1CC=C2NO. The number of aryl methyl sites for hydroxylation is 1. The average molecular weight is 285 g/mol. The minimum Gasteiger partial charge on any atom is -0.508 e. The number of hydrogen-bond acceptors (Lipinski definition) is 3. The molecule has 4 atom stereocenters. The maximum Gasteiger partial charge on any atom is 0.115 e. The predicted octanol–water partition coefficient (Wildman–Crippen LogP) is 3.72. The summed E-state index contributed by atoms with van der Waals surface area (Å²) >= 11 is 0. The number of hydrogen-bond donors (Lipinski definition) is 3. The summed E-state index contributed by atoms with van der Waals surface area (Å²) in [6.07, 6.45) is 7.84. The molecule has 4 rings (SSSR count). The largest absolute Gasteiger partial charge is 0.508 e. The van der Waals surface area contributed by atoms with Crippen molar-refractivity contribution in [3.8, 4) is 5.75 Å². The summed E-state index contributed by atoms with van der Waals surface area (Å²) in [5.74, 6) is 2.34. The molecular formula is C18H23NO2. The lowest BCUT2D eigenvalue weighted by atomic mass is 9.55. The van der Waals surface area contributed by atoms with Crippen LogP contribution in [-0.2, 0) is 6.42 Å². The molecule has 0 saturated heterocycles. The van der Waals surface area contributed by atoms with Gasteiger partial charge in [-0.05, 0) is 73.1 Å². The predicted molar refractivity (Wildman–Crippen MR) is 81.1 cm³/mol. The zero-order valence-electron chi connectivity index (χ0n) is 12.5. The number of allylic oxidation sites excluding steroid dienone is 2. The van der Waals surface area contributed by atoms with Crippen molar-refractivity contribution in [1.82, 2.24) is 5.48 Å². The molecule has 1 aromatic rings. The summed E-state index contributed by atoms with van der Waals surface area (Å²) in [7, 11) is 0. The fourth-order valence-corrected chi connectivity index (χ4v) is 5.31. The molecule has 3 nitrogen and oxygen atoms in total. The van der Waals surface area contributed by atoms with E-state index in [0.29, 0.717) is 23.5 Å². The molecule has 112 valence electrons. The van der Waals surface area contributed by atoms with Crippen LogP contribution in [0.25, 0.3) is 0 Å². The van der Waals surface area contributed by atoms with E-state index < -0.39 is 0 Å². The van der Waals surface area contributed by atoms with Gasteiger partial charge in [-0.15, -0.1) is 0 Å². The molecule has 3 aliphatic carbocycles.